The fourth-order valence-corrected chi connectivity index (χ4v) is 0.829. The number of halogens is 1. The van der Waals surface area contributed by atoms with Crippen molar-refractivity contribution < 1.29 is 14.0 Å². The number of carbonyl (C=O) groups is 2. The highest BCUT2D eigenvalue weighted by atomic mass is 19.1. The molecular formula is C9H17FN2O2. The van der Waals surface area contributed by atoms with Gasteiger partial charge in [-0.05, 0) is 12.8 Å². The van der Waals surface area contributed by atoms with Gasteiger partial charge in [0.05, 0.1) is 6.67 Å². The first kappa shape index (κ1) is 12.9. The van der Waals surface area contributed by atoms with Crippen molar-refractivity contribution in [3.8, 4) is 0 Å². The van der Waals surface area contributed by atoms with Crippen LogP contribution < -0.4 is 10.9 Å². The molecule has 0 rings (SSSR count). The van der Waals surface area contributed by atoms with Gasteiger partial charge in [-0.2, -0.15) is 0 Å². The third-order valence-corrected chi connectivity index (χ3v) is 1.64. The maximum Gasteiger partial charge on any atom is 0.238 e. The van der Waals surface area contributed by atoms with Gasteiger partial charge in [0, 0.05) is 12.8 Å². The third-order valence-electron chi connectivity index (χ3n) is 1.64. The summed E-state index contributed by atoms with van der Waals surface area (Å²) in [5, 5.41) is 0. The Kier molecular flexibility index (Phi) is 7.78. The van der Waals surface area contributed by atoms with Crippen LogP contribution >= 0.6 is 0 Å². The van der Waals surface area contributed by atoms with Crippen LogP contribution in [0.5, 0.6) is 0 Å². The lowest BCUT2D eigenvalue weighted by Crippen LogP contribution is -2.41. The molecule has 0 aliphatic heterocycles. The monoisotopic (exact) mass is 204 g/mol. The second kappa shape index (κ2) is 8.47. The zero-order chi connectivity index (χ0) is 10.8. The number of hydrogen-bond donors (Lipinski definition) is 2. The molecule has 4 nitrogen and oxygen atoms in total. The Morgan fingerprint density at radius 3 is 2.00 bits per heavy atom. The SMILES string of the molecule is CCCCC(=O)NNC(=O)CCCF. The van der Waals surface area contributed by atoms with Crippen LogP contribution in [-0.4, -0.2) is 18.5 Å². The van der Waals surface area contributed by atoms with Crippen molar-refractivity contribution in [3.05, 3.63) is 0 Å². The molecule has 0 atom stereocenters. The average Bonchev–Trinajstić information content (AvgIpc) is 2.20. The zero-order valence-electron chi connectivity index (χ0n) is 8.44. The number of unbranched alkanes of at least 4 members (excludes halogenated alkanes) is 1. The van der Waals surface area contributed by atoms with E-state index >= 15 is 0 Å². The molecule has 0 aliphatic carbocycles. The topological polar surface area (TPSA) is 58.2 Å². The molecule has 0 saturated heterocycles. The first-order valence-corrected chi connectivity index (χ1v) is 4.84. The number of alkyl halides is 1. The number of nitrogens with one attached hydrogen (secondary N) is 2. The van der Waals surface area contributed by atoms with Gasteiger partial charge in [-0.25, -0.2) is 0 Å². The van der Waals surface area contributed by atoms with Crippen molar-refractivity contribution in [1.29, 1.82) is 0 Å². The maximum atomic E-state index is 11.7. The van der Waals surface area contributed by atoms with Gasteiger partial charge < -0.3 is 0 Å². The highest BCUT2D eigenvalue weighted by Crippen LogP contribution is 1.92. The summed E-state index contributed by atoms with van der Waals surface area (Å²) in [7, 11) is 0. The molecule has 0 radical (unpaired) electrons. The van der Waals surface area contributed by atoms with Crippen molar-refractivity contribution in [2.45, 2.75) is 39.0 Å². The zero-order valence-corrected chi connectivity index (χ0v) is 8.44. The van der Waals surface area contributed by atoms with Gasteiger partial charge in [-0.1, -0.05) is 13.3 Å². The molecule has 0 spiro atoms. The van der Waals surface area contributed by atoms with Crippen LogP contribution in [0.4, 0.5) is 4.39 Å². The van der Waals surface area contributed by atoms with Crippen molar-refractivity contribution in [3.63, 3.8) is 0 Å². The lowest BCUT2D eigenvalue weighted by Gasteiger charge is -2.05. The second-order valence-corrected chi connectivity index (χ2v) is 2.99. The molecule has 0 aromatic carbocycles. The highest BCUT2D eigenvalue weighted by Gasteiger charge is 2.03. The van der Waals surface area contributed by atoms with Crippen LogP contribution in [0.2, 0.25) is 0 Å². The molecule has 0 fully saturated rings. The van der Waals surface area contributed by atoms with E-state index in [1.807, 2.05) is 6.92 Å². The number of carbonyl (C=O) groups excluding carboxylic acids is 2. The van der Waals surface area contributed by atoms with E-state index in [1.54, 1.807) is 0 Å². The van der Waals surface area contributed by atoms with Gasteiger partial charge in [0.15, 0.2) is 0 Å². The van der Waals surface area contributed by atoms with Crippen LogP contribution in [0.25, 0.3) is 0 Å². The van der Waals surface area contributed by atoms with Gasteiger partial charge in [-0.3, -0.25) is 24.8 Å². The van der Waals surface area contributed by atoms with Gasteiger partial charge >= 0.3 is 0 Å². The van der Waals surface area contributed by atoms with Gasteiger partial charge in [0.25, 0.3) is 0 Å². The minimum atomic E-state index is -0.517. The lowest BCUT2D eigenvalue weighted by atomic mass is 10.2. The Labute approximate surface area is 83.2 Å². The summed E-state index contributed by atoms with van der Waals surface area (Å²) in [6.45, 7) is 1.46. The number of hydrogen-bond acceptors (Lipinski definition) is 2. The fourth-order valence-electron chi connectivity index (χ4n) is 0.829. The summed E-state index contributed by atoms with van der Waals surface area (Å²) in [5.41, 5.74) is 4.49. The molecule has 0 heterocycles. The summed E-state index contributed by atoms with van der Waals surface area (Å²) in [5.74, 6) is -0.562. The maximum absolute atomic E-state index is 11.7. The largest absolute Gasteiger partial charge is 0.273 e. The van der Waals surface area contributed by atoms with Crippen molar-refractivity contribution in [2.24, 2.45) is 0 Å². The van der Waals surface area contributed by atoms with Crippen LogP contribution in [0.1, 0.15) is 39.0 Å². The van der Waals surface area contributed by atoms with Crippen molar-refractivity contribution >= 4 is 11.8 Å². The molecular weight excluding hydrogens is 187 g/mol. The van der Waals surface area contributed by atoms with E-state index in [-0.39, 0.29) is 24.7 Å². The number of hydrazine groups is 1. The highest BCUT2D eigenvalue weighted by molar-refractivity contribution is 5.81. The molecule has 0 saturated carbocycles. The molecule has 2 N–H and O–H groups in total. The summed E-state index contributed by atoms with van der Waals surface area (Å²) in [4.78, 5) is 21.9. The summed E-state index contributed by atoms with van der Waals surface area (Å²) < 4.78 is 11.7. The van der Waals surface area contributed by atoms with E-state index < -0.39 is 6.67 Å². The van der Waals surface area contributed by atoms with Gasteiger partial charge in [0.2, 0.25) is 11.8 Å². The second-order valence-electron chi connectivity index (χ2n) is 2.99. The Balaban J connectivity index is 3.41. The Morgan fingerprint density at radius 1 is 1.07 bits per heavy atom. The molecule has 82 valence electrons. The summed E-state index contributed by atoms with van der Waals surface area (Å²) >= 11 is 0. The number of rotatable bonds is 6. The molecule has 0 unspecified atom stereocenters. The van der Waals surface area contributed by atoms with E-state index in [1.165, 1.54) is 0 Å². The van der Waals surface area contributed by atoms with Crippen LogP contribution in [0.3, 0.4) is 0 Å². The molecule has 0 aromatic heterocycles. The molecule has 2 amide bonds. The lowest BCUT2D eigenvalue weighted by molar-refractivity contribution is -0.129. The summed E-state index contributed by atoms with van der Waals surface area (Å²) in [6, 6.07) is 0. The predicted octanol–water partition coefficient (Wildman–Crippen LogP) is 1.07. The predicted molar refractivity (Wildman–Crippen MR) is 51.0 cm³/mol. The normalized spacial score (nSPS) is 9.57. The van der Waals surface area contributed by atoms with Crippen molar-refractivity contribution in [2.75, 3.05) is 6.67 Å². The van der Waals surface area contributed by atoms with E-state index in [0.29, 0.717) is 6.42 Å². The van der Waals surface area contributed by atoms with E-state index in [4.69, 9.17) is 0 Å². The molecule has 14 heavy (non-hydrogen) atoms. The molecule has 5 heteroatoms. The van der Waals surface area contributed by atoms with E-state index in [2.05, 4.69) is 10.9 Å². The minimum Gasteiger partial charge on any atom is -0.273 e. The molecule has 0 aromatic rings. The average molecular weight is 204 g/mol. The standard InChI is InChI=1S/C9H17FN2O2/c1-2-3-5-8(13)11-12-9(14)6-4-7-10/h2-7H2,1H3,(H,11,13)(H,12,14). The van der Waals surface area contributed by atoms with E-state index in [0.717, 1.165) is 12.8 Å². The Morgan fingerprint density at radius 2 is 1.57 bits per heavy atom. The van der Waals surface area contributed by atoms with Gasteiger partial charge in [0.1, 0.15) is 0 Å². The Hall–Kier alpha value is -1.13. The van der Waals surface area contributed by atoms with Gasteiger partial charge in [-0.15, -0.1) is 0 Å². The smallest absolute Gasteiger partial charge is 0.238 e. The first-order valence-electron chi connectivity index (χ1n) is 4.84. The van der Waals surface area contributed by atoms with Crippen LogP contribution in [0, 0.1) is 0 Å². The van der Waals surface area contributed by atoms with Crippen LogP contribution in [0.15, 0.2) is 0 Å². The Bertz CT molecular complexity index is 166. The van der Waals surface area contributed by atoms with Crippen molar-refractivity contribution in [1.82, 2.24) is 10.9 Å². The molecule has 0 aliphatic rings. The number of amides is 2. The third kappa shape index (κ3) is 7.52. The first-order chi connectivity index (χ1) is 6.70. The minimum absolute atomic E-state index is 0.102. The molecule has 0 bridgehead atoms. The van der Waals surface area contributed by atoms with E-state index in [9.17, 15) is 14.0 Å². The van der Waals surface area contributed by atoms with Crippen LogP contribution in [-0.2, 0) is 9.59 Å². The summed E-state index contributed by atoms with van der Waals surface area (Å²) in [6.07, 6.45) is 2.43. The quantitative estimate of drug-likeness (QED) is 0.636. The fraction of sp³-hybridized carbons (Fsp3) is 0.778.